The summed E-state index contributed by atoms with van der Waals surface area (Å²) in [7, 11) is 2.93. The Kier molecular flexibility index (Phi) is 4.98. The van der Waals surface area contributed by atoms with Crippen molar-refractivity contribution in [2.45, 2.75) is 18.9 Å². The molecule has 0 radical (unpaired) electrons. The van der Waals surface area contributed by atoms with Gasteiger partial charge < -0.3 is 23.8 Å². The average Bonchev–Trinajstić information content (AvgIpc) is 3.13. The molecule has 32 heavy (non-hydrogen) atoms. The zero-order valence-corrected chi connectivity index (χ0v) is 18.7. The molecule has 1 aromatic heterocycles. The largest absolute Gasteiger partial charge is 0.496 e. The van der Waals surface area contributed by atoms with Crippen molar-refractivity contribution in [1.29, 1.82) is 0 Å². The molecule has 0 unspecified atom stereocenters. The van der Waals surface area contributed by atoms with Gasteiger partial charge in [0.25, 0.3) is 0 Å². The number of carbonyl (C=O) groups is 2. The van der Waals surface area contributed by atoms with E-state index in [9.17, 15) is 9.59 Å². The number of aromatic nitrogens is 2. The van der Waals surface area contributed by atoms with Crippen molar-refractivity contribution in [2.75, 3.05) is 45.4 Å². The van der Waals surface area contributed by atoms with Crippen LogP contribution in [0.4, 0.5) is 5.95 Å². The van der Waals surface area contributed by atoms with Crippen LogP contribution in [-0.2, 0) is 10.3 Å². The smallest absolute Gasteiger partial charge is 0.225 e. The molecule has 168 valence electrons. The molecule has 10 heteroatoms. The molecule has 0 amide bonds. The van der Waals surface area contributed by atoms with E-state index in [1.165, 1.54) is 20.4 Å². The van der Waals surface area contributed by atoms with Crippen LogP contribution in [-0.4, -0.2) is 62.1 Å². The fourth-order valence-electron chi connectivity index (χ4n) is 4.62. The lowest BCUT2D eigenvalue weighted by molar-refractivity contribution is 0.0192. The van der Waals surface area contributed by atoms with Crippen LogP contribution in [0.15, 0.2) is 12.3 Å². The molecule has 1 fully saturated rings. The second-order valence-corrected chi connectivity index (χ2v) is 8.40. The van der Waals surface area contributed by atoms with E-state index in [0.29, 0.717) is 38.0 Å². The third-order valence-corrected chi connectivity index (χ3v) is 6.68. The first-order valence-electron chi connectivity index (χ1n) is 10.3. The van der Waals surface area contributed by atoms with Crippen molar-refractivity contribution in [3.8, 4) is 17.2 Å². The maximum absolute atomic E-state index is 14.0. The van der Waals surface area contributed by atoms with Gasteiger partial charge in [0, 0.05) is 37.7 Å². The predicted octanol–water partition coefficient (Wildman–Crippen LogP) is 2.68. The molecule has 0 saturated carbocycles. The summed E-state index contributed by atoms with van der Waals surface area (Å²) < 4.78 is 22.6. The molecule has 2 aliphatic heterocycles. The van der Waals surface area contributed by atoms with Gasteiger partial charge in [-0.1, -0.05) is 18.5 Å². The SMILES string of the molecule is COc1cc(OC)c2c(c1Cl)O[C@]1(C2=O)c2nc(N3CCOCC3)ncc2C(=O)C[C@H]1C. The quantitative estimate of drug-likeness (QED) is 0.685. The van der Waals surface area contributed by atoms with E-state index in [1.54, 1.807) is 13.0 Å². The van der Waals surface area contributed by atoms with Gasteiger partial charge in [-0.2, -0.15) is 0 Å². The zero-order valence-electron chi connectivity index (χ0n) is 17.9. The predicted molar refractivity (Wildman–Crippen MR) is 114 cm³/mol. The monoisotopic (exact) mass is 459 g/mol. The van der Waals surface area contributed by atoms with Gasteiger partial charge >= 0.3 is 0 Å². The highest BCUT2D eigenvalue weighted by Crippen LogP contribution is 2.56. The fraction of sp³-hybridized carbons (Fsp3) is 0.455. The topological polar surface area (TPSA) is 100 Å². The summed E-state index contributed by atoms with van der Waals surface area (Å²) in [6.07, 6.45) is 1.60. The normalized spacial score (nSPS) is 24.2. The number of rotatable bonds is 3. The van der Waals surface area contributed by atoms with E-state index < -0.39 is 11.5 Å². The van der Waals surface area contributed by atoms with Crippen LogP contribution in [0.3, 0.4) is 0 Å². The highest BCUT2D eigenvalue weighted by molar-refractivity contribution is 6.35. The summed E-state index contributed by atoms with van der Waals surface area (Å²) in [4.78, 5) is 37.9. The van der Waals surface area contributed by atoms with Gasteiger partial charge in [-0.15, -0.1) is 0 Å². The number of halogens is 1. The maximum atomic E-state index is 14.0. The van der Waals surface area contributed by atoms with E-state index in [0.717, 1.165) is 0 Å². The van der Waals surface area contributed by atoms with Crippen molar-refractivity contribution in [2.24, 2.45) is 5.92 Å². The Balaban J connectivity index is 1.71. The molecule has 1 spiro atoms. The molecular formula is C22H22ClN3O6. The van der Waals surface area contributed by atoms with Crippen molar-refractivity contribution < 1.29 is 28.5 Å². The van der Waals surface area contributed by atoms with Crippen molar-refractivity contribution >= 4 is 29.1 Å². The molecule has 5 rings (SSSR count). The standard InChI is InChI=1S/C22H22ClN3O6/c1-11-8-13(27)12-10-24-21(26-4-6-31-7-5-26)25-19(12)22(11)20(28)16-14(29-2)9-15(30-3)17(23)18(16)32-22/h9-11H,4-8H2,1-3H3/t11-,22+/m1/s1. The Morgan fingerprint density at radius 2 is 1.91 bits per heavy atom. The van der Waals surface area contributed by atoms with Crippen LogP contribution in [0.25, 0.3) is 0 Å². The van der Waals surface area contributed by atoms with Crippen molar-refractivity contribution in [3.05, 3.63) is 34.1 Å². The number of ketones is 2. The van der Waals surface area contributed by atoms with E-state index in [-0.39, 0.29) is 51.3 Å². The van der Waals surface area contributed by atoms with Crippen molar-refractivity contribution in [1.82, 2.24) is 9.97 Å². The Hall–Kier alpha value is -2.91. The molecule has 0 bridgehead atoms. The van der Waals surface area contributed by atoms with Gasteiger partial charge in [0.2, 0.25) is 17.3 Å². The lowest BCUT2D eigenvalue weighted by Crippen LogP contribution is -2.49. The van der Waals surface area contributed by atoms with E-state index in [2.05, 4.69) is 4.98 Å². The summed E-state index contributed by atoms with van der Waals surface area (Å²) in [5.41, 5.74) is -0.755. The first-order chi connectivity index (χ1) is 15.4. The summed E-state index contributed by atoms with van der Waals surface area (Å²) in [6.45, 7) is 4.13. The summed E-state index contributed by atoms with van der Waals surface area (Å²) in [5, 5.41) is 0.168. The van der Waals surface area contributed by atoms with Crippen LogP contribution >= 0.6 is 11.6 Å². The molecule has 3 aliphatic rings. The molecule has 1 aliphatic carbocycles. The van der Waals surface area contributed by atoms with Gasteiger partial charge in [0.05, 0.1) is 33.0 Å². The number of anilines is 1. The van der Waals surface area contributed by atoms with Crippen LogP contribution in [0.2, 0.25) is 5.02 Å². The number of hydrogen-bond acceptors (Lipinski definition) is 9. The minimum atomic E-state index is -1.52. The minimum Gasteiger partial charge on any atom is -0.496 e. The van der Waals surface area contributed by atoms with Gasteiger partial charge in [0.1, 0.15) is 27.8 Å². The van der Waals surface area contributed by atoms with Crippen LogP contribution in [0.1, 0.15) is 39.8 Å². The van der Waals surface area contributed by atoms with Gasteiger partial charge in [-0.25, -0.2) is 9.97 Å². The number of nitrogens with zero attached hydrogens (tertiary/aromatic N) is 3. The maximum Gasteiger partial charge on any atom is 0.225 e. The number of methoxy groups -OCH3 is 2. The van der Waals surface area contributed by atoms with E-state index in [4.69, 9.17) is 35.5 Å². The van der Waals surface area contributed by atoms with Gasteiger partial charge in [-0.05, 0) is 0 Å². The highest BCUT2D eigenvalue weighted by atomic mass is 35.5. The fourth-order valence-corrected chi connectivity index (χ4v) is 4.89. The first-order valence-corrected chi connectivity index (χ1v) is 10.7. The van der Waals surface area contributed by atoms with Crippen LogP contribution in [0, 0.1) is 5.92 Å². The minimum absolute atomic E-state index is 0.115. The average molecular weight is 460 g/mol. The Bertz CT molecular complexity index is 1130. The van der Waals surface area contributed by atoms with Crippen LogP contribution in [0.5, 0.6) is 17.2 Å². The number of ether oxygens (including phenoxy) is 4. The third-order valence-electron chi connectivity index (χ3n) is 6.33. The number of benzene rings is 1. The molecule has 2 atom stereocenters. The first kappa shape index (κ1) is 21.0. The highest BCUT2D eigenvalue weighted by Gasteiger charge is 2.60. The summed E-state index contributed by atoms with van der Waals surface area (Å²) in [5.74, 6) is 0.251. The Morgan fingerprint density at radius 1 is 1.19 bits per heavy atom. The molecule has 1 saturated heterocycles. The number of hydrogen-bond donors (Lipinski definition) is 0. The van der Waals surface area contributed by atoms with Crippen LogP contribution < -0.4 is 19.1 Å². The lowest BCUT2D eigenvalue weighted by Gasteiger charge is -2.37. The van der Waals surface area contributed by atoms with E-state index in [1.807, 2.05) is 4.90 Å². The Morgan fingerprint density at radius 3 is 2.59 bits per heavy atom. The molecule has 0 N–H and O–H groups in total. The third kappa shape index (κ3) is 2.80. The number of carbonyl (C=O) groups excluding carboxylic acids is 2. The number of fused-ring (bicyclic) bond motifs is 3. The second-order valence-electron chi connectivity index (χ2n) is 8.03. The zero-order chi connectivity index (χ0) is 22.6. The number of Topliss-reactive ketones (excluding diaryl/α,β-unsaturated/α-hetero) is 2. The lowest BCUT2D eigenvalue weighted by atomic mass is 9.72. The molecule has 3 heterocycles. The molecule has 9 nitrogen and oxygen atoms in total. The number of morpholine rings is 1. The second kappa shape index (κ2) is 7.60. The van der Waals surface area contributed by atoms with Gasteiger partial charge in [-0.3, -0.25) is 9.59 Å². The Labute approximate surface area is 189 Å². The summed E-state index contributed by atoms with van der Waals surface area (Å²) >= 11 is 6.53. The molecule has 1 aromatic carbocycles. The summed E-state index contributed by atoms with van der Waals surface area (Å²) in [6, 6.07) is 1.56. The molecule has 2 aromatic rings. The van der Waals surface area contributed by atoms with Crippen molar-refractivity contribution in [3.63, 3.8) is 0 Å². The molecular weight excluding hydrogens is 438 g/mol. The van der Waals surface area contributed by atoms with Gasteiger partial charge in [0.15, 0.2) is 11.5 Å². The van der Waals surface area contributed by atoms with E-state index >= 15 is 0 Å².